The summed E-state index contributed by atoms with van der Waals surface area (Å²) < 4.78 is 14.8. The normalized spacial score (nSPS) is 15.0. The van der Waals surface area contributed by atoms with E-state index in [0.29, 0.717) is 18.2 Å². The van der Waals surface area contributed by atoms with E-state index >= 15 is 0 Å². The van der Waals surface area contributed by atoms with E-state index in [2.05, 4.69) is 29.0 Å². The number of esters is 1. The molecule has 2 aromatic heterocycles. The fraction of sp³-hybridized carbons (Fsp3) is 0.500. The number of methoxy groups -OCH3 is 1. The van der Waals surface area contributed by atoms with Crippen molar-refractivity contribution in [3.05, 3.63) is 52.1 Å². The van der Waals surface area contributed by atoms with Crippen LogP contribution in [0.2, 0.25) is 0 Å². The van der Waals surface area contributed by atoms with Gasteiger partial charge in [0.05, 0.1) is 12.6 Å². The maximum Gasteiger partial charge on any atom is 0.331 e. The summed E-state index contributed by atoms with van der Waals surface area (Å²) >= 11 is 0. The first-order valence-corrected chi connectivity index (χ1v) is 10.5. The number of Topliss-reactive ketones (excluding diaryl/α,β-unsaturated/α-hetero) is 1. The maximum absolute atomic E-state index is 12.6. The number of ether oxygens (including phenoxy) is 2. The first kappa shape index (κ1) is 22.1. The Labute approximate surface area is 178 Å². The molecule has 0 bridgehead atoms. The Kier molecular flexibility index (Phi) is 6.66. The van der Waals surface area contributed by atoms with E-state index in [9.17, 15) is 9.59 Å². The van der Waals surface area contributed by atoms with E-state index in [1.54, 1.807) is 13.2 Å². The average molecular weight is 413 g/mol. The fourth-order valence-corrected chi connectivity index (χ4v) is 4.34. The predicted octanol–water partition coefficient (Wildman–Crippen LogP) is 4.50. The molecule has 2 aromatic rings. The summed E-state index contributed by atoms with van der Waals surface area (Å²) in [5, 5.41) is 0. The van der Waals surface area contributed by atoms with Gasteiger partial charge in [-0.05, 0) is 71.2 Å². The van der Waals surface area contributed by atoms with Gasteiger partial charge in [-0.2, -0.15) is 0 Å². The van der Waals surface area contributed by atoms with Crippen molar-refractivity contribution in [3.63, 3.8) is 0 Å². The molecule has 0 radical (unpaired) electrons. The Balaban J connectivity index is 1.61. The van der Waals surface area contributed by atoms with Crippen molar-refractivity contribution < 1.29 is 19.1 Å². The van der Waals surface area contributed by atoms with E-state index < -0.39 is 5.97 Å². The second kappa shape index (κ2) is 9.04. The van der Waals surface area contributed by atoms with Crippen LogP contribution in [-0.2, 0) is 14.3 Å². The first-order chi connectivity index (χ1) is 14.2. The molecule has 30 heavy (non-hydrogen) atoms. The van der Waals surface area contributed by atoms with Crippen LogP contribution in [0, 0.1) is 27.7 Å². The summed E-state index contributed by atoms with van der Waals surface area (Å²) in [6.07, 6.45) is 5.60. The standard InChI is InChI=1S/C24H32N2O4/c1-15-11-20(18(4)26(15)21-8-9-21)7-10-24(28)30-14-23(27)22-12-16(2)25(19(22)5)17(3)13-29-6/h7,10-12,17,21H,8-9,13-14H2,1-6H3/b10-7+/t17-/m1/s1. The van der Waals surface area contributed by atoms with Gasteiger partial charge in [0.25, 0.3) is 0 Å². The van der Waals surface area contributed by atoms with E-state index in [-0.39, 0.29) is 18.4 Å². The third-order valence-corrected chi connectivity index (χ3v) is 5.81. The number of rotatable bonds is 9. The number of ketones is 1. The van der Waals surface area contributed by atoms with Gasteiger partial charge in [-0.15, -0.1) is 0 Å². The van der Waals surface area contributed by atoms with Crippen LogP contribution in [0.25, 0.3) is 6.08 Å². The highest BCUT2D eigenvalue weighted by molar-refractivity contribution is 6.00. The Hall–Kier alpha value is -2.60. The van der Waals surface area contributed by atoms with Crippen LogP contribution in [0.1, 0.15) is 70.5 Å². The molecule has 0 unspecified atom stereocenters. The van der Waals surface area contributed by atoms with Gasteiger partial charge in [-0.1, -0.05) is 0 Å². The molecule has 1 aliphatic carbocycles. The molecule has 0 N–H and O–H groups in total. The van der Waals surface area contributed by atoms with Crippen molar-refractivity contribution in [3.8, 4) is 0 Å². The van der Waals surface area contributed by atoms with Crippen molar-refractivity contribution in [2.24, 2.45) is 0 Å². The molecule has 0 aliphatic heterocycles. The van der Waals surface area contributed by atoms with Crippen molar-refractivity contribution in [1.82, 2.24) is 9.13 Å². The van der Waals surface area contributed by atoms with Gasteiger partial charge in [0.2, 0.25) is 5.78 Å². The van der Waals surface area contributed by atoms with Gasteiger partial charge in [-0.3, -0.25) is 4.79 Å². The Morgan fingerprint density at radius 1 is 1.13 bits per heavy atom. The SMILES string of the molecule is COC[C@@H](C)n1c(C)cc(C(=O)COC(=O)/C=C/c2cc(C)n(C3CC3)c2C)c1C. The van der Waals surface area contributed by atoms with E-state index in [1.165, 1.54) is 24.6 Å². The number of aryl methyl sites for hydroxylation is 2. The van der Waals surface area contributed by atoms with Gasteiger partial charge in [0.15, 0.2) is 6.61 Å². The molecule has 0 saturated heterocycles. The van der Waals surface area contributed by atoms with Crippen LogP contribution in [0.4, 0.5) is 0 Å². The van der Waals surface area contributed by atoms with E-state index in [4.69, 9.17) is 9.47 Å². The van der Waals surface area contributed by atoms with Gasteiger partial charge in [0.1, 0.15) is 0 Å². The minimum absolute atomic E-state index is 0.122. The van der Waals surface area contributed by atoms with Crippen molar-refractivity contribution in [2.75, 3.05) is 20.3 Å². The lowest BCUT2D eigenvalue weighted by Crippen LogP contribution is -2.16. The molecule has 2 heterocycles. The largest absolute Gasteiger partial charge is 0.454 e. The third kappa shape index (κ3) is 4.59. The van der Waals surface area contributed by atoms with Crippen LogP contribution >= 0.6 is 0 Å². The molecular formula is C24H32N2O4. The molecule has 3 rings (SSSR count). The molecule has 1 aliphatic rings. The predicted molar refractivity (Wildman–Crippen MR) is 117 cm³/mol. The molecule has 0 amide bonds. The minimum atomic E-state index is -0.513. The monoisotopic (exact) mass is 412 g/mol. The number of aromatic nitrogens is 2. The van der Waals surface area contributed by atoms with E-state index in [1.807, 2.05) is 26.8 Å². The van der Waals surface area contributed by atoms with E-state index in [0.717, 1.165) is 22.6 Å². The fourth-order valence-electron chi connectivity index (χ4n) is 4.34. The number of carbonyl (C=O) groups excluding carboxylic acids is 2. The molecule has 1 atom stereocenters. The molecule has 0 aromatic carbocycles. The average Bonchev–Trinajstić information content (AvgIpc) is 3.41. The van der Waals surface area contributed by atoms with Gasteiger partial charge in [-0.25, -0.2) is 4.79 Å². The number of hydrogen-bond donors (Lipinski definition) is 0. The molecule has 1 fully saturated rings. The second-order valence-corrected chi connectivity index (χ2v) is 8.25. The summed E-state index contributed by atoms with van der Waals surface area (Å²) in [5.41, 5.74) is 5.81. The van der Waals surface area contributed by atoms with Crippen LogP contribution in [0.5, 0.6) is 0 Å². The zero-order valence-electron chi connectivity index (χ0n) is 18.8. The Morgan fingerprint density at radius 3 is 2.47 bits per heavy atom. The van der Waals surface area contributed by atoms with Gasteiger partial charge < -0.3 is 18.6 Å². The Bertz CT molecular complexity index is 976. The van der Waals surface area contributed by atoms with Crippen molar-refractivity contribution >= 4 is 17.8 Å². The summed E-state index contributed by atoms with van der Waals surface area (Å²) in [6.45, 7) is 10.4. The van der Waals surface area contributed by atoms with Gasteiger partial charge >= 0.3 is 5.97 Å². The zero-order valence-corrected chi connectivity index (χ0v) is 18.8. The smallest absolute Gasteiger partial charge is 0.331 e. The molecular weight excluding hydrogens is 380 g/mol. The Morgan fingerprint density at radius 2 is 1.83 bits per heavy atom. The number of nitrogens with zero attached hydrogens (tertiary/aromatic N) is 2. The minimum Gasteiger partial charge on any atom is -0.454 e. The zero-order chi connectivity index (χ0) is 22.0. The number of carbonyl (C=O) groups is 2. The maximum atomic E-state index is 12.6. The highest BCUT2D eigenvalue weighted by Crippen LogP contribution is 2.38. The first-order valence-electron chi connectivity index (χ1n) is 10.5. The topological polar surface area (TPSA) is 62.5 Å². The summed E-state index contributed by atoms with van der Waals surface area (Å²) in [4.78, 5) is 24.8. The lowest BCUT2D eigenvalue weighted by atomic mass is 10.1. The highest BCUT2D eigenvalue weighted by Gasteiger charge is 2.26. The van der Waals surface area contributed by atoms with Crippen molar-refractivity contribution in [1.29, 1.82) is 0 Å². The third-order valence-electron chi connectivity index (χ3n) is 5.81. The van der Waals surface area contributed by atoms with Crippen molar-refractivity contribution in [2.45, 2.75) is 59.5 Å². The highest BCUT2D eigenvalue weighted by atomic mass is 16.5. The molecule has 6 nitrogen and oxygen atoms in total. The molecule has 1 saturated carbocycles. The lowest BCUT2D eigenvalue weighted by molar-refractivity contribution is -0.136. The molecule has 162 valence electrons. The van der Waals surface area contributed by atoms with Crippen LogP contribution in [-0.4, -0.2) is 41.2 Å². The summed E-state index contributed by atoms with van der Waals surface area (Å²) in [7, 11) is 1.66. The number of hydrogen-bond acceptors (Lipinski definition) is 4. The van der Waals surface area contributed by atoms with Crippen LogP contribution in [0.15, 0.2) is 18.2 Å². The van der Waals surface area contributed by atoms with Crippen LogP contribution in [0.3, 0.4) is 0 Å². The quantitative estimate of drug-likeness (QED) is 0.345. The van der Waals surface area contributed by atoms with Crippen LogP contribution < -0.4 is 0 Å². The summed E-state index contributed by atoms with van der Waals surface area (Å²) in [5.74, 6) is -0.714. The van der Waals surface area contributed by atoms with Gasteiger partial charge in [0, 0.05) is 47.6 Å². The molecule has 0 spiro atoms. The molecule has 6 heteroatoms. The second-order valence-electron chi connectivity index (χ2n) is 8.25. The summed E-state index contributed by atoms with van der Waals surface area (Å²) in [6, 6.07) is 4.65. The lowest BCUT2D eigenvalue weighted by Gasteiger charge is -2.17.